The number of unbranched alkanes of at least 4 members (excludes halogenated alkanes) is 1. The molecule has 172 valence electrons. The standard InChI is InChI=1S/C24H23BrClN3O3S/c25-14-4-3-7-22(30)28-18-10-8-16(9-11-18)23(31)29-19-6-2-1-5-17(19)15-27-24(32)20-12-13-21(26)33-20/h1-2,5-6,8-13H,3-4,7,14-15H2,(H,27,32)(H,28,30)(H,29,31). The van der Waals surface area contributed by atoms with Crippen LogP contribution in [0.4, 0.5) is 11.4 Å². The molecule has 0 fully saturated rings. The molecule has 0 saturated carbocycles. The Kier molecular flexibility index (Phi) is 9.47. The lowest BCUT2D eigenvalue weighted by Gasteiger charge is -2.12. The first-order chi connectivity index (χ1) is 16.0. The van der Waals surface area contributed by atoms with Gasteiger partial charge in [0.05, 0.1) is 9.21 Å². The van der Waals surface area contributed by atoms with Crippen molar-refractivity contribution in [3.8, 4) is 0 Å². The van der Waals surface area contributed by atoms with Crippen molar-refractivity contribution in [1.29, 1.82) is 0 Å². The van der Waals surface area contributed by atoms with E-state index < -0.39 is 0 Å². The first kappa shape index (κ1) is 25.0. The second-order valence-electron chi connectivity index (χ2n) is 7.17. The number of benzene rings is 2. The molecule has 0 aliphatic carbocycles. The Morgan fingerprint density at radius 1 is 0.879 bits per heavy atom. The number of para-hydroxylation sites is 1. The fraction of sp³-hybridized carbons (Fsp3) is 0.208. The van der Waals surface area contributed by atoms with E-state index in [2.05, 4.69) is 31.9 Å². The highest BCUT2D eigenvalue weighted by atomic mass is 79.9. The first-order valence-corrected chi connectivity index (χ1v) is 12.7. The molecule has 6 nitrogen and oxygen atoms in total. The summed E-state index contributed by atoms with van der Waals surface area (Å²) < 4.78 is 0.549. The Hall–Kier alpha value is -2.68. The number of thiophene rings is 1. The minimum atomic E-state index is -0.283. The summed E-state index contributed by atoms with van der Waals surface area (Å²) in [6, 6.07) is 17.4. The molecular formula is C24H23BrClN3O3S. The number of amides is 3. The van der Waals surface area contributed by atoms with Gasteiger partial charge in [-0.15, -0.1) is 11.3 Å². The summed E-state index contributed by atoms with van der Waals surface area (Å²) in [7, 11) is 0. The fourth-order valence-electron chi connectivity index (χ4n) is 3.00. The molecule has 3 rings (SSSR count). The van der Waals surface area contributed by atoms with Crippen LogP contribution in [0.1, 0.15) is 44.9 Å². The molecule has 0 aliphatic rings. The van der Waals surface area contributed by atoms with Crippen LogP contribution in [0.5, 0.6) is 0 Å². The third-order valence-corrected chi connectivity index (χ3v) is 6.51. The molecule has 9 heteroatoms. The van der Waals surface area contributed by atoms with Gasteiger partial charge in [0.15, 0.2) is 0 Å². The fourth-order valence-corrected chi connectivity index (χ4v) is 4.35. The van der Waals surface area contributed by atoms with Crippen LogP contribution < -0.4 is 16.0 Å². The molecule has 1 heterocycles. The van der Waals surface area contributed by atoms with Crippen LogP contribution >= 0.6 is 38.9 Å². The van der Waals surface area contributed by atoms with E-state index in [1.807, 2.05) is 18.2 Å². The lowest BCUT2D eigenvalue weighted by atomic mass is 10.1. The molecule has 3 N–H and O–H groups in total. The summed E-state index contributed by atoms with van der Waals surface area (Å²) in [5.74, 6) is -0.555. The molecule has 0 unspecified atom stereocenters. The smallest absolute Gasteiger partial charge is 0.261 e. The molecule has 3 aromatic rings. The topological polar surface area (TPSA) is 87.3 Å². The summed E-state index contributed by atoms with van der Waals surface area (Å²) >= 11 is 10.4. The monoisotopic (exact) mass is 547 g/mol. The molecule has 0 spiro atoms. The molecule has 0 radical (unpaired) electrons. The number of rotatable bonds is 10. The summed E-state index contributed by atoms with van der Waals surface area (Å²) in [4.78, 5) is 37.5. The highest BCUT2D eigenvalue weighted by Crippen LogP contribution is 2.22. The van der Waals surface area contributed by atoms with Crippen LogP contribution in [-0.2, 0) is 11.3 Å². The van der Waals surface area contributed by atoms with Gasteiger partial charge in [-0.05, 0) is 60.9 Å². The molecule has 33 heavy (non-hydrogen) atoms. The molecular weight excluding hydrogens is 526 g/mol. The van der Waals surface area contributed by atoms with Gasteiger partial charge in [0, 0.05) is 35.2 Å². The summed E-state index contributed by atoms with van der Waals surface area (Å²) in [6.07, 6.45) is 2.22. The summed E-state index contributed by atoms with van der Waals surface area (Å²) in [6.45, 7) is 0.255. The second-order valence-corrected chi connectivity index (χ2v) is 9.68. The van der Waals surface area contributed by atoms with E-state index in [0.717, 1.165) is 23.7 Å². The molecule has 0 atom stereocenters. The number of carbonyl (C=O) groups is 3. The van der Waals surface area contributed by atoms with Gasteiger partial charge in [-0.2, -0.15) is 0 Å². The van der Waals surface area contributed by atoms with Gasteiger partial charge in [-0.25, -0.2) is 0 Å². The molecule has 0 bridgehead atoms. The van der Waals surface area contributed by atoms with Crippen LogP contribution in [0.3, 0.4) is 0 Å². The van der Waals surface area contributed by atoms with Gasteiger partial charge in [0.2, 0.25) is 5.91 Å². The van der Waals surface area contributed by atoms with Crippen molar-refractivity contribution < 1.29 is 14.4 Å². The van der Waals surface area contributed by atoms with Crippen molar-refractivity contribution in [3.05, 3.63) is 81.0 Å². The van der Waals surface area contributed by atoms with Crippen molar-refractivity contribution >= 4 is 68.0 Å². The third-order valence-electron chi connectivity index (χ3n) is 4.72. The van der Waals surface area contributed by atoms with Crippen molar-refractivity contribution in [3.63, 3.8) is 0 Å². The average Bonchev–Trinajstić information content (AvgIpc) is 3.25. The van der Waals surface area contributed by atoms with E-state index in [1.54, 1.807) is 42.5 Å². The van der Waals surface area contributed by atoms with E-state index in [-0.39, 0.29) is 24.3 Å². The third kappa shape index (κ3) is 7.70. The lowest BCUT2D eigenvalue weighted by Crippen LogP contribution is -2.23. The molecule has 0 saturated heterocycles. The zero-order valence-corrected chi connectivity index (χ0v) is 20.9. The highest BCUT2D eigenvalue weighted by Gasteiger charge is 2.12. The molecule has 2 aromatic carbocycles. The predicted octanol–water partition coefficient (Wildman–Crippen LogP) is 6.09. The normalized spacial score (nSPS) is 10.5. The van der Waals surface area contributed by atoms with Crippen molar-refractivity contribution in [2.75, 3.05) is 16.0 Å². The van der Waals surface area contributed by atoms with Crippen molar-refractivity contribution in [2.24, 2.45) is 0 Å². The van der Waals surface area contributed by atoms with Gasteiger partial charge in [0.25, 0.3) is 11.8 Å². The van der Waals surface area contributed by atoms with Gasteiger partial charge >= 0.3 is 0 Å². The predicted molar refractivity (Wildman–Crippen MR) is 138 cm³/mol. The Morgan fingerprint density at radius 2 is 1.64 bits per heavy atom. The number of hydrogen-bond donors (Lipinski definition) is 3. The minimum Gasteiger partial charge on any atom is -0.347 e. The summed E-state index contributed by atoms with van der Waals surface area (Å²) in [5.41, 5.74) is 2.48. The zero-order valence-electron chi connectivity index (χ0n) is 17.7. The maximum atomic E-state index is 12.7. The van der Waals surface area contributed by atoms with Crippen LogP contribution in [-0.4, -0.2) is 23.1 Å². The maximum Gasteiger partial charge on any atom is 0.261 e. The Balaban J connectivity index is 1.57. The van der Waals surface area contributed by atoms with Crippen LogP contribution in [0.25, 0.3) is 0 Å². The van der Waals surface area contributed by atoms with Gasteiger partial charge < -0.3 is 16.0 Å². The number of hydrogen-bond acceptors (Lipinski definition) is 4. The Bertz CT molecular complexity index is 1120. The SMILES string of the molecule is O=C(CCCCBr)Nc1ccc(C(=O)Nc2ccccc2CNC(=O)c2ccc(Cl)s2)cc1. The molecule has 3 amide bonds. The number of carbonyl (C=O) groups excluding carboxylic acids is 3. The van der Waals surface area contributed by atoms with E-state index in [1.165, 1.54) is 11.3 Å². The van der Waals surface area contributed by atoms with Crippen molar-refractivity contribution in [1.82, 2.24) is 5.32 Å². The molecule has 1 aromatic heterocycles. The zero-order chi connectivity index (χ0) is 23.6. The lowest BCUT2D eigenvalue weighted by molar-refractivity contribution is -0.116. The van der Waals surface area contributed by atoms with E-state index >= 15 is 0 Å². The van der Waals surface area contributed by atoms with E-state index in [4.69, 9.17) is 11.6 Å². The van der Waals surface area contributed by atoms with Crippen LogP contribution in [0.15, 0.2) is 60.7 Å². The van der Waals surface area contributed by atoms with Crippen molar-refractivity contribution in [2.45, 2.75) is 25.8 Å². The van der Waals surface area contributed by atoms with Crippen LogP contribution in [0.2, 0.25) is 4.34 Å². The Morgan fingerprint density at radius 3 is 2.33 bits per heavy atom. The second kappa shape index (κ2) is 12.5. The maximum absolute atomic E-state index is 12.7. The minimum absolute atomic E-state index is 0.0473. The summed E-state index contributed by atoms with van der Waals surface area (Å²) in [5, 5.41) is 9.45. The number of alkyl halides is 1. The van der Waals surface area contributed by atoms with E-state index in [9.17, 15) is 14.4 Å². The van der Waals surface area contributed by atoms with E-state index in [0.29, 0.717) is 32.6 Å². The Labute approximate surface area is 209 Å². The van der Waals surface area contributed by atoms with Gasteiger partial charge in [-0.1, -0.05) is 45.7 Å². The van der Waals surface area contributed by atoms with Crippen LogP contribution in [0, 0.1) is 0 Å². The van der Waals surface area contributed by atoms with Gasteiger partial charge in [0.1, 0.15) is 0 Å². The number of anilines is 2. The highest BCUT2D eigenvalue weighted by molar-refractivity contribution is 9.09. The quantitative estimate of drug-likeness (QED) is 0.212. The number of halogens is 2. The molecule has 0 aliphatic heterocycles. The first-order valence-electron chi connectivity index (χ1n) is 10.3. The largest absolute Gasteiger partial charge is 0.347 e. The average molecular weight is 549 g/mol. The number of nitrogens with one attached hydrogen (secondary N) is 3. The van der Waals surface area contributed by atoms with Gasteiger partial charge in [-0.3, -0.25) is 14.4 Å².